The number of nitrogens with zero attached hydrogens (tertiary/aromatic N) is 1. The van der Waals surface area contributed by atoms with Crippen molar-refractivity contribution in [2.24, 2.45) is 0 Å². The van der Waals surface area contributed by atoms with Gasteiger partial charge in [-0.2, -0.15) is 5.26 Å². The van der Waals surface area contributed by atoms with Gasteiger partial charge in [-0.05, 0) is 42.3 Å². The first kappa shape index (κ1) is 13.9. The van der Waals surface area contributed by atoms with Gasteiger partial charge in [0.25, 0.3) is 0 Å². The number of hydrogen-bond acceptors (Lipinski definition) is 2. The van der Waals surface area contributed by atoms with Crippen molar-refractivity contribution >= 4 is 5.57 Å². The van der Waals surface area contributed by atoms with Crippen LogP contribution in [0.4, 0.5) is 4.39 Å². The zero-order valence-electron chi connectivity index (χ0n) is 12.0. The van der Waals surface area contributed by atoms with Crippen LogP contribution in [0.25, 0.3) is 5.57 Å². The van der Waals surface area contributed by atoms with E-state index in [0.717, 1.165) is 22.3 Å². The van der Waals surface area contributed by atoms with E-state index in [0.29, 0.717) is 16.9 Å². The van der Waals surface area contributed by atoms with Gasteiger partial charge in [0.2, 0.25) is 0 Å². The first-order chi connectivity index (χ1) is 10.6. The molecule has 0 aromatic heterocycles. The molecule has 0 N–H and O–H groups in total. The molecular weight excluding hydrogens is 277 g/mol. The maximum Gasteiger partial charge on any atom is 0.130 e. The average molecular weight is 289 g/mol. The zero-order valence-corrected chi connectivity index (χ0v) is 12.0. The standard InChI is InChI=1S/C19H12FNO/c1-3-13-4-6-16-14(8-13)11-22-18-9-15(20)5-7-17(18)19(16)12(2)10-21/h1,4-9H,11H2,2H3. The van der Waals surface area contributed by atoms with Crippen molar-refractivity contribution in [1.82, 2.24) is 0 Å². The van der Waals surface area contributed by atoms with Gasteiger partial charge in [0, 0.05) is 28.3 Å². The SMILES string of the molecule is C#Cc1ccc2c(c1)COc1cc(F)ccc1C2=C(C)C#N. The number of halogens is 1. The summed E-state index contributed by atoms with van der Waals surface area (Å²) in [6.45, 7) is 2.02. The van der Waals surface area contributed by atoms with Crippen LogP contribution in [-0.4, -0.2) is 0 Å². The molecule has 0 saturated heterocycles. The maximum atomic E-state index is 13.5. The number of hydrogen-bond donors (Lipinski definition) is 0. The fourth-order valence-corrected chi connectivity index (χ4v) is 2.63. The Morgan fingerprint density at radius 2 is 2.00 bits per heavy atom. The smallest absolute Gasteiger partial charge is 0.130 e. The minimum absolute atomic E-state index is 0.281. The third kappa shape index (κ3) is 2.24. The van der Waals surface area contributed by atoms with E-state index in [1.165, 1.54) is 12.1 Å². The zero-order chi connectivity index (χ0) is 15.7. The van der Waals surface area contributed by atoms with Gasteiger partial charge in [0.15, 0.2) is 0 Å². The molecule has 0 saturated carbocycles. The van der Waals surface area contributed by atoms with Crippen molar-refractivity contribution in [3.63, 3.8) is 0 Å². The summed E-state index contributed by atoms with van der Waals surface area (Å²) in [7, 11) is 0. The van der Waals surface area contributed by atoms with E-state index in [-0.39, 0.29) is 12.4 Å². The molecule has 1 heterocycles. The van der Waals surface area contributed by atoms with Crippen molar-refractivity contribution in [1.29, 1.82) is 5.26 Å². The molecule has 22 heavy (non-hydrogen) atoms. The molecule has 2 aromatic rings. The number of nitriles is 1. The number of ether oxygens (including phenoxy) is 1. The van der Waals surface area contributed by atoms with Gasteiger partial charge in [-0.15, -0.1) is 6.42 Å². The summed E-state index contributed by atoms with van der Waals surface area (Å²) in [5, 5.41) is 9.33. The first-order valence-electron chi connectivity index (χ1n) is 6.77. The monoisotopic (exact) mass is 289 g/mol. The van der Waals surface area contributed by atoms with Crippen LogP contribution >= 0.6 is 0 Å². The summed E-state index contributed by atoms with van der Waals surface area (Å²) in [6, 6.07) is 12.1. The highest BCUT2D eigenvalue weighted by Gasteiger charge is 2.21. The Labute approximate surface area is 128 Å². The molecule has 2 nitrogen and oxygen atoms in total. The predicted octanol–water partition coefficient (Wildman–Crippen LogP) is 4.04. The minimum Gasteiger partial charge on any atom is -0.488 e. The molecular formula is C19H12FNO. The molecule has 0 bridgehead atoms. The van der Waals surface area contributed by atoms with Gasteiger partial charge in [-0.25, -0.2) is 4.39 Å². The second-order valence-electron chi connectivity index (χ2n) is 5.06. The molecule has 1 aliphatic rings. The summed E-state index contributed by atoms with van der Waals surface area (Å²) < 4.78 is 19.2. The van der Waals surface area contributed by atoms with Crippen LogP contribution in [0.1, 0.15) is 29.2 Å². The summed E-state index contributed by atoms with van der Waals surface area (Å²) >= 11 is 0. The number of fused-ring (bicyclic) bond motifs is 2. The van der Waals surface area contributed by atoms with E-state index in [2.05, 4.69) is 12.0 Å². The molecule has 106 valence electrons. The fraction of sp³-hybridized carbons (Fsp3) is 0.105. The Bertz CT molecular complexity index is 881. The van der Waals surface area contributed by atoms with Crippen LogP contribution in [0.2, 0.25) is 0 Å². The Morgan fingerprint density at radius 1 is 1.23 bits per heavy atom. The highest BCUT2D eigenvalue weighted by atomic mass is 19.1. The van der Waals surface area contributed by atoms with Crippen LogP contribution in [0, 0.1) is 29.5 Å². The predicted molar refractivity (Wildman–Crippen MR) is 82.4 cm³/mol. The summed E-state index contributed by atoms with van der Waals surface area (Å²) in [5.41, 5.74) is 4.54. The fourth-order valence-electron chi connectivity index (χ4n) is 2.63. The molecule has 0 unspecified atom stereocenters. The van der Waals surface area contributed by atoms with Crippen LogP contribution in [0.3, 0.4) is 0 Å². The maximum absolute atomic E-state index is 13.5. The van der Waals surface area contributed by atoms with Gasteiger partial charge in [-0.3, -0.25) is 0 Å². The molecule has 0 amide bonds. The van der Waals surface area contributed by atoms with Gasteiger partial charge < -0.3 is 4.74 Å². The number of rotatable bonds is 0. The van der Waals surface area contributed by atoms with Crippen molar-refractivity contribution in [3.05, 3.63) is 70.0 Å². The molecule has 0 spiro atoms. The van der Waals surface area contributed by atoms with E-state index in [9.17, 15) is 9.65 Å². The second kappa shape index (κ2) is 5.39. The molecule has 3 heteroatoms. The van der Waals surface area contributed by atoms with Crippen molar-refractivity contribution < 1.29 is 9.13 Å². The van der Waals surface area contributed by atoms with Crippen molar-refractivity contribution in [3.8, 4) is 24.2 Å². The summed E-state index contributed by atoms with van der Waals surface area (Å²) in [4.78, 5) is 0. The minimum atomic E-state index is -0.372. The summed E-state index contributed by atoms with van der Waals surface area (Å²) in [6.07, 6.45) is 5.44. The van der Waals surface area contributed by atoms with Gasteiger partial charge >= 0.3 is 0 Å². The van der Waals surface area contributed by atoms with Crippen LogP contribution in [0.5, 0.6) is 5.75 Å². The van der Waals surface area contributed by atoms with Crippen LogP contribution in [-0.2, 0) is 6.61 Å². The van der Waals surface area contributed by atoms with Gasteiger partial charge in [0.1, 0.15) is 18.2 Å². The lowest BCUT2D eigenvalue weighted by atomic mass is 9.90. The quantitative estimate of drug-likeness (QED) is 0.541. The normalized spacial score (nSPS) is 14.5. The van der Waals surface area contributed by atoms with E-state index < -0.39 is 0 Å². The Morgan fingerprint density at radius 3 is 2.73 bits per heavy atom. The molecule has 0 radical (unpaired) electrons. The summed E-state index contributed by atoms with van der Waals surface area (Å²) in [5.74, 6) is 2.65. The van der Waals surface area contributed by atoms with E-state index in [1.54, 1.807) is 13.0 Å². The first-order valence-corrected chi connectivity index (χ1v) is 6.77. The van der Waals surface area contributed by atoms with Gasteiger partial charge in [0.05, 0.1) is 6.07 Å². The van der Waals surface area contributed by atoms with E-state index in [1.807, 2.05) is 18.2 Å². The lowest BCUT2D eigenvalue weighted by molar-refractivity contribution is 0.305. The molecule has 1 aliphatic heterocycles. The number of benzene rings is 2. The second-order valence-corrected chi connectivity index (χ2v) is 5.06. The molecule has 0 aliphatic carbocycles. The third-order valence-corrected chi connectivity index (χ3v) is 3.68. The molecule has 0 fully saturated rings. The number of allylic oxidation sites excluding steroid dienone is 1. The van der Waals surface area contributed by atoms with Crippen LogP contribution in [0.15, 0.2) is 42.0 Å². The highest BCUT2D eigenvalue weighted by Crippen LogP contribution is 2.39. The largest absolute Gasteiger partial charge is 0.488 e. The number of terminal acetylenes is 1. The lowest BCUT2D eigenvalue weighted by Gasteiger charge is -2.11. The Balaban J connectivity index is 2.33. The average Bonchev–Trinajstić information content (AvgIpc) is 2.70. The molecule has 3 rings (SSSR count). The topological polar surface area (TPSA) is 33.0 Å². The van der Waals surface area contributed by atoms with Crippen LogP contribution < -0.4 is 4.74 Å². The van der Waals surface area contributed by atoms with Gasteiger partial charge in [-0.1, -0.05) is 12.0 Å². The molecule has 0 atom stereocenters. The lowest BCUT2D eigenvalue weighted by Crippen LogP contribution is -1.97. The van der Waals surface area contributed by atoms with Crippen molar-refractivity contribution in [2.45, 2.75) is 13.5 Å². The third-order valence-electron chi connectivity index (χ3n) is 3.68. The van der Waals surface area contributed by atoms with E-state index >= 15 is 0 Å². The Hall–Kier alpha value is -3.04. The Kier molecular flexibility index (Phi) is 3.41. The van der Waals surface area contributed by atoms with Crippen molar-refractivity contribution in [2.75, 3.05) is 0 Å². The molecule has 2 aromatic carbocycles. The highest BCUT2D eigenvalue weighted by molar-refractivity contribution is 5.88. The van der Waals surface area contributed by atoms with E-state index in [4.69, 9.17) is 11.2 Å².